The minimum absolute atomic E-state index is 0. The average molecular weight is 392 g/mol. The summed E-state index contributed by atoms with van der Waals surface area (Å²) in [4.78, 5) is 22.1. The third-order valence-electron chi connectivity index (χ3n) is 4.47. The number of rotatable bonds is 18. The van der Waals surface area contributed by atoms with Gasteiger partial charge in [0.05, 0.1) is 18.6 Å². The quantitative estimate of drug-likeness (QED) is 0.199. The smallest absolute Gasteiger partial charge is 0.548 e. The molecule has 0 saturated heterocycles. The maximum atomic E-state index is 11.5. The predicted molar refractivity (Wildman–Crippen MR) is 103 cm³/mol. The minimum Gasteiger partial charge on any atom is -0.548 e. The van der Waals surface area contributed by atoms with Crippen molar-refractivity contribution < 1.29 is 49.4 Å². The molecule has 0 fully saturated rings. The van der Waals surface area contributed by atoms with Gasteiger partial charge in [0.25, 0.3) is 0 Å². The first kappa shape index (κ1) is 28.8. The van der Waals surface area contributed by atoms with Crippen molar-refractivity contribution in [2.24, 2.45) is 0 Å². The summed E-state index contributed by atoms with van der Waals surface area (Å²) in [5, 5.41) is 21.7. The van der Waals surface area contributed by atoms with Gasteiger partial charge in [-0.1, -0.05) is 70.4 Å². The molecular weight excluding hydrogens is 353 g/mol. The van der Waals surface area contributed by atoms with Gasteiger partial charge in [0.15, 0.2) is 0 Å². The van der Waals surface area contributed by atoms with E-state index >= 15 is 0 Å². The molecule has 1 atom stereocenters. The van der Waals surface area contributed by atoms with Crippen LogP contribution in [0, 0.1) is 0 Å². The van der Waals surface area contributed by atoms with E-state index in [-0.39, 0.29) is 35.5 Å². The van der Waals surface area contributed by atoms with Crippen molar-refractivity contribution >= 4 is 11.9 Å². The number of carbonyl (C=O) groups excluding carboxylic acids is 2. The Labute approximate surface area is 187 Å². The van der Waals surface area contributed by atoms with Gasteiger partial charge >= 0.3 is 29.6 Å². The van der Waals surface area contributed by atoms with Crippen molar-refractivity contribution in [1.82, 2.24) is 5.32 Å². The van der Waals surface area contributed by atoms with E-state index in [1.54, 1.807) is 0 Å². The zero-order valence-electron chi connectivity index (χ0n) is 17.5. The largest absolute Gasteiger partial charge is 1.00 e. The van der Waals surface area contributed by atoms with Crippen molar-refractivity contribution in [3.05, 3.63) is 12.2 Å². The summed E-state index contributed by atoms with van der Waals surface area (Å²) in [6.07, 6.45) is 20.4. The normalized spacial score (nSPS) is 11.9. The van der Waals surface area contributed by atoms with Crippen LogP contribution >= 0.6 is 0 Å². The van der Waals surface area contributed by atoms with E-state index in [9.17, 15) is 14.7 Å². The van der Waals surface area contributed by atoms with Gasteiger partial charge in [-0.05, 0) is 32.1 Å². The number of carbonyl (C=O) groups is 2. The summed E-state index contributed by atoms with van der Waals surface area (Å²) in [7, 11) is 0. The van der Waals surface area contributed by atoms with Gasteiger partial charge in [0.2, 0.25) is 5.91 Å². The summed E-state index contributed by atoms with van der Waals surface area (Å²) in [5.74, 6) is -1.80. The molecule has 0 saturated carbocycles. The molecular formula is C21H38NNaO4. The van der Waals surface area contributed by atoms with Crippen molar-refractivity contribution in [3.63, 3.8) is 0 Å². The SMILES string of the molecule is CCCCCCCC/C=C/CCCCCCCC(=O)N[C@@H](CO)C(=O)[O-].[Na+]. The summed E-state index contributed by atoms with van der Waals surface area (Å²) in [5.41, 5.74) is 0. The molecule has 0 aromatic heterocycles. The van der Waals surface area contributed by atoms with Crippen LogP contribution in [0.4, 0.5) is 0 Å². The molecule has 0 heterocycles. The first-order chi connectivity index (χ1) is 12.6. The number of amides is 1. The first-order valence-electron chi connectivity index (χ1n) is 10.4. The van der Waals surface area contributed by atoms with Crippen LogP contribution < -0.4 is 40.0 Å². The van der Waals surface area contributed by atoms with E-state index in [4.69, 9.17) is 5.11 Å². The number of aliphatic hydroxyl groups excluding tert-OH is 1. The third kappa shape index (κ3) is 20.2. The zero-order valence-corrected chi connectivity index (χ0v) is 19.5. The number of hydrogen-bond donors (Lipinski definition) is 2. The summed E-state index contributed by atoms with van der Waals surface area (Å²) >= 11 is 0. The molecule has 27 heavy (non-hydrogen) atoms. The molecule has 0 aromatic carbocycles. The number of allylic oxidation sites excluding steroid dienone is 2. The topological polar surface area (TPSA) is 89.5 Å². The third-order valence-corrected chi connectivity index (χ3v) is 4.47. The average Bonchev–Trinajstić information content (AvgIpc) is 2.62. The van der Waals surface area contributed by atoms with Gasteiger partial charge < -0.3 is 20.3 Å². The van der Waals surface area contributed by atoms with Crippen LogP contribution in [0.5, 0.6) is 0 Å². The van der Waals surface area contributed by atoms with E-state index in [1.807, 2.05) is 0 Å². The van der Waals surface area contributed by atoms with Crippen LogP contribution in [-0.4, -0.2) is 29.6 Å². The van der Waals surface area contributed by atoms with Crippen molar-refractivity contribution in [1.29, 1.82) is 0 Å². The number of nitrogens with one attached hydrogen (secondary N) is 1. The Morgan fingerprint density at radius 2 is 1.37 bits per heavy atom. The van der Waals surface area contributed by atoms with E-state index in [0.717, 1.165) is 32.1 Å². The van der Waals surface area contributed by atoms with Gasteiger partial charge in [-0.3, -0.25) is 4.79 Å². The van der Waals surface area contributed by atoms with Crippen LogP contribution in [0.3, 0.4) is 0 Å². The molecule has 152 valence electrons. The maximum absolute atomic E-state index is 11.5. The molecule has 0 bridgehead atoms. The first-order valence-corrected chi connectivity index (χ1v) is 10.4. The fourth-order valence-electron chi connectivity index (χ4n) is 2.80. The number of aliphatic carboxylic acids is 1. The second-order valence-electron chi connectivity index (χ2n) is 6.96. The monoisotopic (exact) mass is 391 g/mol. The van der Waals surface area contributed by atoms with Gasteiger partial charge in [-0.15, -0.1) is 0 Å². The molecule has 1 amide bonds. The molecule has 0 aliphatic carbocycles. The number of carboxylic acid groups (broad SMARTS) is 1. The molecule has 0 spiro atoms. The molecule has 0 rings (SSSR count). The fraction of sp³-hybridized carbons (Fsp3) is 0.810. The van der Waals surface area contributed by atoms with Gasteiger partial charge in [-0.2, -0.15) is 0 Å². The van der Waals surface area contributed by atoms with Crippen LogP contribution in [0.15, 0.2) is 12.2 Å². The molecule has 0 aliphatic rings. The van der Waals surface area contributed by atoms with Crippen molar-refractivity contribution in [3.8, 4) is 0 Å². The second-order valence-corrected chi connectivity index (χ2v) is 6.96. The van der Waals surface area contributed by atoms with Crippen LogP contribution in [0.2, 0.25) is 0 Å². The predicted octanol–water partition coefficient (Wildman–Crippen LogP) is 0.255. The standard InChI is InChI=1S/C21H39NO4.Na/c1-2-3-4-5-6-7-8-9-10-11-12-13-14-15-16-17-20(24)22-19(18-23)21(25)26;/h9-10,19,23H,2-8,11-18H2,1H3,(H,22,24)(H,25,26);/q;+1/p-1/b10-9+;/t19-;/m0./s1. The molecule has 6 heteroatoms. The van der Waals surface area contributed by atoms with E-state index in [0.29, 0.717) is 6.42 Å². The molecule has 2 N–H and O–H groups in total. The van der Waals surface area contributed by atoms with Gasteiger partial charge in [-0.25, -0.2) is 0 Å². The summed E-state index contributed by atoms with van der Waals surface area (Å²) in [6, 6.07) is -1.30. The van der Waals surface area contributed by atoms with E-state index in [2.05, 4.69) is 24.4 Å². The van der Waals surface area contributed by atoms with Gasteiger partial charge in [0, 0.05) is 6.42 Å². The number of aliphatic hydroxyl groups is 1. The number of unbranched alkanes of at least 4 members (excludes halogenated alkanes) is 11. The molecule has 0 aliphatic heterocycles. The molecule has 5 nitrogen and oxygen atoms in total. The van der Waals surface area contributed by atoms with E-state index in [1.165, 1.54) is 51.4 Å². The Balaban J connectivity index is 0. The zero-order chi connectivity index (χ0) is 19.5. The number of hydrogen-bond acceptors (Lipinski definition) is 4. The Morgan fingerprint density at radius 3 is 1.85 bits per heavy atom. The Bertz CT molecular complexity index is 388. The number of carboxylic acids is 1. The Kier molecular flexibility index (Phi) is 23.4. The molecule has 0 unspecified atom stereocenters. The van der Waals surface area contributed by atoms with Gasteiger partial charge in [0.1, 0.15) is 0 Å². The van der Waals surface area contributed by atoms with Crippen LogP contribution in [0.1, 0.15) is 96.8 Å². The molecule has 0 aromatic rings. The maximum Gasteiger partial charge on any atom is 1.00 e. The summed E-state index contributed by atoms with van der Waals surface area (Å²) < 4.78 is 0. The molecule has 0 radical (unpaired) electrons. The van der Waals surface area contributed by atoms with E-state index < -0.39 is 18.6 Å². The Morgan fingerprint density at radius 1 is 0.889 bits per heavy atom. The minimum atomic E-state index is -1.45. The Hall–Kier alpha value is -0.360. The van der Waals surface area contributed by atoms with Crippen LogP contribution in [-0.2, 0) is 9.59 Å². The van der Waals surface area contributed by atoms with Crippen molar-refractivity contribution in [2.75, 3.05) is 6.61 Å². The second kappa shape index (κ2) is 21.9. The summed E-state index contributed by atoms with van der Waals surface area (Å²) in [6.45, 7) is 1.60. The van der Waals surface area contributed by atoms with Crippen LogP contribution in [0.25, 0.3) is 0 Å². The van der Waals surface area contributed by atoms with Crippen molar-refractivity contribution in [2.45, 2.75) is 103 Å². The fourth-order valence-corrected chi connectivity index (χ4v) is 2.80.